The molecule has 0 aromatic heterocycles. The first-order chi connectivity index (χ1) is 9.74. The van der Waals surface area contributed by atoms with E-state index < -0.39 is 5.79 Å². The summed E-state index contributed by atoms with van der Waals surface area (Å²) >= 11 is 0. The molecule has 0 saturated heterocycles. The molecule has 0 aliphatic carbocycles. The van der Waals surface area contributed by atoms with Crippen molar-refractivity contribution in [2.45, 2.75) is 63.6 Å². The van der Waals surface area contributed by atoms with Gasteiger partial charge in [-0.25, -0.2) is 14.4 Å². The molecule has 0 amide bonds. The maximum Gasteiger partial charge on any atom is 0.277 e. The van der Waals surface area contributed by atoms with Crippen LogP contribution in [0.25, 0.3) is 0 Å². The van der Waals surface area contributed by atoms with E-state index in [4.69, 9.17) is 0 Å². The van der Waals surface area contributed by atoms with Gasteiger partial charge in [0.15, 0.2) is 0 Å². The molecule has 0 bridgehead atoms. The van der Waals surface area contributed by atoms with Crippen LogP contribution < -0.4 is 0 Å². The fourth-order valence-corrected chi connectivity index (χ4v) is 1.88. The van der Waals surface area contributed by atoms with Crippen LogP contribution in [0.3, 0.4) is 0 Å². The summed E-state index contributed by atoms with van der Waals surface area (Å²) in [7, 11) is 0. The van der Waals surface area contributed by atoms with Gasteiger partial charge in [-0.15, -0.1) is 0 Å². The molecule has 0 heterocycles. The van der Waals surface area contributed by atoms with Gasteiger partial charge in [-0.1, -0.05) is 51.9 Å². The molecule has 0 atom stereocenters. The van der Waals surface area contributed by atoms with Gasteiger partial charge in [-0.05, 0) is 6.42 Å². The number of rotatable bonds is 12. The minimum atomic E-state index is -1.71. The van der Waals surface area contributed by atoms with Gasteiger partial charge in [0.2, 0.25) is 18.2 Å². The largest absolute Gasteiger partial charge is 0.277 e. The fourth-order valence-electron chi connectivity index (χ4n) is 1.88. The van der Waals surface area contributed by atoms with E-state index in [1.165, 1.54) is 31.1 Å². The zero-order chi connectivity index (χ0) is 15.1. The third-order valence-corrected chi connectivity index (χ3v) is 2.94. The van der Waals surface area contributed by atoms with Crippen molar-refractivity contribution in [1.29, 1.82) is 0 Å². The Kier molecular flexibility index (Phi) is 11.1. The lowest BCUT2D eigenvalue weighted by Crippen LogP contribution is -2.20. The predicted octanol–water partition coefficient (Wildman–Crippen LogP) is 2.99. The molecule has 0 saturated carbocycles. The highest BCUT2D eigenvalue weighted by atomic mass is 16.1. The molecule has 1 radical (unpaired) electrons. The summed E-state index contributed by atoms with van der Waals surface area (Å²) in [5.74, 6) is -1.71. The van der Waals surface area contributed by atoms with Crippen LogP contribution in [0.2, 0.25) is 0 Å². The monoisotopic (exact) mass is 278 g/mol. The molecule has 0 aliphatic rings. The summed E-state index contributed by atoms with van der Waals surface area (Å²) in [4.78, 5) is 41.0. The summed E-state index contributed by atoms with van der Waals surface area (Å²) in [6, 6.07) is 0. The van der Waals surface area contributed by atoms with Crippen LogP contribution in [-0.4, -0.2) is 24.0 Å². The quantitative estimate of drug-likeness (QED) is 0.312. The summed E-state index contributed by atoms with van der Waals surface area (Å²) < 4.78 is 0. The summed E-state index contributed by atoms with van der Waals surface area (Å²) in [5, 5.41) is 0. The Balaban J connectivity index is 4.12. The Morgan fingerprint density at radius 1 is 0.700 bits per heavy atom. The Morgan fingerprint density at radius 2 is 1.10 bits per heavy atom. The molecule has 0 aliphatic heterocycles. The molecule has 0 spiro atoms. The van der Waals surface area contributed by atoms with Gasteiger partial charge in [-0.2, -0.15) is 15.0 Å². The van der Waals surface area contributed by atoms with E-state index >= 15 is 0 Å². The van der Waals surface area contributed by atoms with Gasteiger partial charge >= 0.3 is 0 Å². The molecule has 6 heteroatoms. The maximum absolute atomic E-state index is 10.3. The molecule has 6 nitrogen and oxygen atoms in total. The normalized spacial score (nSPS) is 12.4. The van der Waals surface area contributed by atoms with Gasteiger partial charge in [0.05, 0.1) is 0 Å². The van der Waals surface area contributed by atoms with E-state index in [0.717, 1.165) is 32.1 Å². The standard InChI is InChI=1S/C14H20N3O3/c1-2-3-4-5-6-7-8-9-10-14(15-11-18,16-12-19)17-13-20/h1-10H2. The number of hydrogen-bond acceptors (Lipinski definition) is 6. The van der Waals surface area contributed by atoms with Crippen molar-refractivity contribution >= 4 is 18.2 Å². The molecule has 0 aromatic rings. The average Bonchev–Trinajstić information content (AvgIpc) is 2.43. The number of nitrogens with zero attached hydrogens (tertiary/aromatic N) is 3. The van der Waals surface area contributed by atoms with Gasteiger partial charge < -0.3 is 0 Å². The number of unbranched alkanes of at least 4 members (excludes halogenated alkanes) is 7. The van der Waals surface area contributed by atoms with Crippen LogP contribution in [0.4, 0.5) is 0 Å². The minimum Gasteiger partial charge on any atom is -0.211 e. The van der Waals surface area contributed by atoms with Crippen molar-refractivity contribution < 1.29 is 14.4 Å². The molecule has 20 heavy (non-hydrogen) atoms. The number of hydrogen-bond donors (Lipinski definition) is 0. The molecule has 0 aromatic carbocycles. The lowest BCUT2D eigenvalue weighted by atomic mass is 10.1. The zero-order valence-corrected chi connectivity index (χ0v) is 11.6. The first-order valence-electron chi connectivity index (χ1n) is 6.81. The molecule has 0 unspecified atom stereocenters. The topological polar surface area (TPSA) is 88.3 Å². The number of isocyanates is 3. The van der Waals surface area contributed by atoms with E-state index in [2.05, 4.69) is 21.9 Å². The van der Waals surface area contributed by atoms with Gasteiger partial charge in [0.25, 0.3) is 5.79 Å². The van der Waals surface area contributed by atoms with Crippen molar-refractivity contribution in [3.05, 3.63) is 6.92 Å². The highest BCUT2D eigenvalue weighted by molar-refractivity contribution is 5.42. The van der Waals surface area contributed by atoms with Crippen molar-refractivity contribution in [1.82, 2.24) is 0 Å². The Morgan fingerprint density at radius 3 is 1.50 bits per heavy atom. The van der Waals surface area contributed by atoms with E-state index in [-0.39, 0.29) is 6.42 Å². The highest BCUT2D eigenvalue weighted by Crippen LogP contribution is 2.22. The first kappa shape index (κ1) is 18.1. The zero-order valence-electron chi connectivity index (χ0n) is 11.6. The average molecular weight is 278 g/mol. The Hall–Kier alpha value is -1.86. The Bertz CT molecular complexity index is 358. The lowest BCUT2D eigenvalue weighted by Gasteiger charge is -2.14. The van der Waals surface area contributed by atoms with Gasteiger partial charge in [0, 0.05) is 6.42 Å². The third kappa shape index (κ3) is 8.28. The molecular formula is C14H20N3O3. The van der Waals surface area contributed by atoms with Gasteiger partial charge in [-0.3, -0.25) is 0 Å². The summed E-state index contributed by atoms with van der Waals surface area (Å²) in [6.45, 7) is 3.79. The van der Waals surface area contributed by atoms with E-state index in [1.54, 1.807) is 0 Å². The van der Waals surface area contributed by atoms with Crippen LogP contribution >= 0.6 is 0 Å². The van der Waals surface area contributed by atoms with Crippen molar-refractivity contribution in [2.75, 3.05) is 0 Å². The van der Waals surface area contributed by atoms with E-state index in [1.807, 2.05) is 0 Å². The third-order valence-electron chi connectivity index (χ3n) is 2.94. The van der Waals surface area contributed by atoms with Gasteiger partial charge in [0.1, 0.15) is 0 Å². The molecule has 0 fully saturated rings. The minimum absolute atomic E-state index is 0.200. The van der Waals surface area contributed by atoms with Crippen LogP contribution in [0, 0.1) is 6.92 Å². The summed E-state index contributed by atoms with van der Waals surface area (Å²) in [5.41, 5.74) is 0. The van der Waals surface area contributed by atoms with Crippen LogP contribution in [0.15, 0.2) is 15.0 Å². The smallest absolute Gasteiger partial charge is 0.211 e. The molecule has 0 N–H and O–H groups in total. The second-order valence-electron chi connectivity index (χ2n) is 4.46. The van der Waals surface area contributed by atoms with Crippen LogP contribution in [0.1, 0.15) is 57.8 Å². The summed E-state index contributed by atoms with van der Waals surface area (Å²) in [6.07, 6.45) is 12.2. The molecule has 0 rings (SSSR count). The SMILES string of the molecule is [CH2]CCCCCCCCCC(N=C=O)(N=C=O)N=C=O. The second-order valence-corrected chi connectivity index (χ2v) is 4.46. The molecular weight excluding hydrogens is 258 g/mol. The molecule has 109 valence electrons. The van der Waals surface area contributed by atoms with E-state index in [9.17, 15) is 14.4 Å². The number of aliphatic imine (C=N–C) groups is 3. The fraction of sp³-hybridized carbons (Fsp3) is 0.714. The van der Waals surface area contributed by atoms with E-state index in [0.29, 0.717) is 6.42 Å². The first-order valence-corrected chi connectivity index (χ1v) is 6.81. The highest BCUT2D eigenvalue weighted by Gasteiger charge is 2.28. The lowest BCUT2D eigenvalue weighted by molar-refractivity contribution is 0.398. The van der Waals surface area contributed by atoms with Crippen molar-refractivity contribution in [3.63, 3.8) is 0 Å². The van der Waals surface area contributed by atoms with Crippen LogP contribution in [-0.2, 0) is 14.4 Å². The second kappa shape index (κ2) is 12.2. The number of carbonyl (C=O) groups excluding carboxylic acids is 3. The predicted molar refractivity (Wildman–Crippen MR) is 74.0 cm³/mol. The van der Waals surface area contributed by atoms with Crippen LogP contribution in [0.5, 0.6) is 0 Å². The van der Waals surface area contributed by atoms with Crippen molar-refractivity contribution in [3.8, 4) is 0 Å². The van der Waals surface area contributed by atoms with Crippen molar-refractivity contribution in [2.24, 2.45) is 15.0 Å². The Labute approximate surface area is 119 Å². The maximum atomic E-state index is 10.3.